The Morgan fingerprint density at radius 2 is 2.19 bits per heavy atom. The molecule has 1 fully saturated rings. The Balaban J connectivity index is 2.19. The highest BCUT2D eigenvalue weighted by Crippen LogP contribution is 2.27. The van der Waals surface area contributed by atoms with E-state index in [9.17, 15) is 5.11 Å². The minimum absolute atomic E-state index is 0.132. The lowest BCUT2D eigenvalue weighted by Gasteiger charge is -2.42. The molecule has 1 N–H and O–H groups in total. The molecule has 0 bridgehead atoms. The van der Waals surface area contributed by atoms with Gasteiger partial charge in [-0.1, -0.05) is 6.07 Å². The van der Waals surface area contributed by atoms with Gasteiger partial charge in [0, 0.05) is 25.2 Å². The van der Waals surface area contributed by atoms with Gasteiger partial charge < -0.3 is 14.6 Å². The largest absolute Gasteiger partial charge is 0.496 e. The van der Waals surface area contributed by atoms with Crippen LogP contribution in [-0.4, -0.2) is 41.9 Å². The van der Waals surface area contributed by atoms with E-state index in [-0.39, 0.29) is 11.7 Å². The Bertz CT molecular complexity index is 485. The van der Waals surface area contributed by atoms with E-state index in [4.69, 9.17) is 9.47 Å². The fourth-order valence-electron chi connectivity index (χ4n) is 3.13. The van der Waals surface area contributed by atoms with Crippen LogP contribution in [0.15, 0.2) is 18.2 Å². The molecule has 0 aliphatic carbocycles. The number of hydrogen-bond donors (Lipinski definition) is 1. The van der Waals surface area contributed by atoms with E-state index in [1.807, 2.05) is 18.2 Å². The predicted molar refractivity (Wildman–Crippen MR) is 83.5 cm³/mol. The van der Waals surface area contributed by atoms with E-state index in [2.05, 4.69) is 25.7 Å². The average Bonchev–Trinajstić information content (AvgIpc) is 2.36. The van der Waals surface area contributed by atoms with E-state index in [1.165, 1.54) is 0 Å². The van der Waals surface area contributed by atoms with Crippen LogP contribution in [-0.2, 0) is 11.3 Å². The molecule has 1 saturated heterocycles. The molecule has 4 heteroatoms. The van der Waals surface area contributed by atoms with Crippen LogP contribution in [0.1, 0.15) is 44.9 Å². The lowest BCUT2D eigenvalue weighted by Crippen LogP contribution is -2.51. The molecule has 0 saturated carbocycles. The van der Waals surface area contributed by atoms with Gasteiger partial charge >= 0.3 is 0 Å². The molecule has 0 spiro atoms. The van der Waals surface area contributed by atoms with Crippen LogP contribution in [0.2, 0.25) is 0 Å². The van der Waals surface area contributed by atoms with Crippen molar-refractivity contribution in [2.24, 2.45) is 0 Å². The summed E-state index contributed by atoms with van der Waals surface area (Å²) in [4.78, 5) is 2.39. The summed E-state index contributed by atoms with van der Waals surface area (Å²) in [6.45, 7) is 10.7. The fraction of sp³-hybridized carbons (Fsp3) is 0.647. The van der Waals surface area contributed by atoms with Crippen LogP contribution < -0.4 is 4.74 Å². The number of aliphatic hydroxyl groups is 1. The molecule has 1 aliphatic rings. The smallest absolute Gasteiger partial charge is 0.123 e. The molecule has 0 amide bonds. The van der Waals surface area contributed by atoms with Gasteiger partial charge in [0.15, 0.2) is 0 Å². The van der Waals surface area contributed by atoms with Crippen LogP contribution in [0.4, 0.5) is 0 Å². The van der Waals surface area contributed by atoms with Crippen LogP contribution in [0.5, 0.6) is 5.75 Å². The molecule has 1 aromatic carbocycles. The first-order chi connectivity index (χ1) is 9.80. The molecule has 118 valence electrons. The number of hydrogen-bond acceptors (Lipinski definition) is 4. The van der Waals surface area contributed by atoms with Gasteiger partial charge in [-0.2, -0.15) is 0 Å². The predicted octanol–water partition coefficient (Wildman–Crippen LogP) is 2.75. The molecule has 1 heterocycles. The summed E-state index contributed by atoms with van der Waals surface area (Å²) in [7, 11) is 1.69. The second-order valence-electron chi connectivity index (χ2n) is 6.61. The van der Waals surface area contributed by atoms with E-state index in [0.717, 1.165) is 36.5 Å². The number of benzene rings is 1. The second kappa shape index (κ2) is 6.34. The van der Waals surface area contributed by atoms with Crippen molar-refractivity contribution in [3.8, 4) is 5.75 Å². The maximum Gasteiger partial charge on any atom is 0.123 e. The lowest BCUT2D eigenvalue weighted by molar-refractivity contribution is -0.130. The molecular weight excluding hydrogens is 266 g/mol. The van der Waals surface area contributed by atoms with Crippen molar-refractivity contribution < 1.29 is 14.6 Å². The van der Waals surface area contributed by atoms with Crippen LogP contribution in [0.25, 0.3) is 0 Å². The molecule has 1 aliphatic heterocycles. The van der Waals surface area contributed by atoms with Crippen LogP contribution in [0.3, 0.4) is 0 Å². The van der Waals surface area contributed by atoms with Crippen molar-refractivity contribution in [2.45, 2.75) is 52.0 Å². The van der Waals surface area contributed by atoms with Gasteiger partial charge in [-0.15, -0.1) is 0 Å². The summed E-state index contributed by atoms with van der Waals surface area (Å²) in [6.07, 6.45) is -0.241. The monoisotopic (exact) mass is 293 g/mol. The van der Waals surface area contributed by atoms with Gasteiger partial charge in [0.25, 0.3) is 0 Å². The number of rotatable bonds is 4. The minimum atomic E-state index is -0.463. The lowest BCUT2D eigenvalue weighted by atomic mass is 10.0. The SMILES string of the molecule is COc1ccc(C(C)O)cc1CN1CC(C)OC(C)(C)C1. The Morgan fingerprint density at radius 3 is 2.76 bits per heavy atom. The summed E-state index contributed by atoms with van der Waals surface area (Å²) in [6, 6.07) is 5.89. The third kappa shape index (κ3) is 4.19. The standard InChI is InChI=1S/C17H27NO3/c1-12-9-18(11-17(3,4)21-12)10-15-8-14(13(2)19)6-7-16(15)20-5/h6-8,12-13,19H,9-11H2,1-5H3. The number of ether oxygens (including phenoxy) is 2. The molecule has 0 radical (unpaired) electrons. The van der Waals surface area contributed by atoms with Crippen molar-refractivity contribution in [1.82, 2.24) is 4.90 Å². The summed E-state index contributed by atoms with van der Waals surface area (Å²) in [5, 5.41) is 9.77. The molecule has 2 rings (SSSR count). The second-order valence-corrected chi connectivity index (χ2v) is 6.61. The van der Waals surface area contributed by atoms with Gasteiger partial charge in [-0.05, 0) is 45.4 Å². The first kappa shape index (κ1) is 16.3. The van der Waals surface area contributed by atoms with Gasteiger partial charge in [0.1, 0.15) is 5.75 Å². The van der Waals surface area contributed by atoms with E-state index < -0.39 is 6.10 Å². The third-order valence-electron chi connectivity index (χ3n) is 3.82. The van der Waals surface area contributed by atoms with Gasteiger partial charge in [-0.3, -0.25) is 4.90 Å². The number of aliphatic hydroxyl groups excluding tert-OH is 1. The van der Waals surface area contributed by atoms with Crippen molar-refractivity contribution >= 4 is 0 Å². The summed E-state index contributed by atoms with van der Waals surface area (Å²) in [5.41, 5.74) is 1.90. The number of nitrogens with zero attached hydrogens (tertiary/aromatic N) is 1. The molecule has 0 aromatic heterocycles. The zero-order valence-corrected chi connectivity index (χ0v) is 13.7. The van der Waals surface area contributed by atoms with Crippen molar-refractivity contribution in [2.75, 3.05) is 20.2 Å². The summed E-state index contributed by atoms with van der Waals surface area (Å²) < 4.78 is 11.4. The highest BCUT2D eigenvalue weighted by atomic mass is 16.5. The van der Waals surface area contributed by atoms with Gasteiger partial charge in [0.2, 0.25) is 0 Å². The van der Waals surface area contributed by atoms with Crippen molar-refractivity contribution in [3.63, 3.8) is 0 Å². The van der Waals surface area contributed by atoms with Crippen molar-refractivity contribution in [3.05, 3.63) is 29.3 Å². The number of morpholine rings is 1. The van der Waals surface area contributed by atoms with E-state index >= 15 is 0 Å². The molecule has 2 unspecified atom stereocenters. The Labute approximate surface area is 127 Å². The molecule has 21 heavy (non-hydrogen) atoms. The summed E-state index contributed by atoms with van der Waals surface area (Å²) in [5.74, 6) is 0.872. The zero-order chi connectivity index (χ0) is 15.6. The number of methoxy groups -OCH3 is 1. The van der Waals surface area contributed by atoms with Gasteiger partial charge in [-0.25, -0.2) is 0 Å². The zero-order valence-electron chi connectivity index (χ0n) is 13.7. The topological polar surface area (TPSA) is 41.9 Å². The quantitative estimate of drug-likeness (QED) is 0.927. The average molecular weight is 293 g/mol. The van der Waals surface area contributed by atoms with E-state index in [0.29, 0.717) is 0 Å². The minimum Gasteiger partial charge on any atom is -0.496 e. The normalized spacial score (nSPS) is 23.8. The first-order valence-corrected chi connectivity index (χ1v) is 7.56. The maximum absolute atomic E-state index is 9.77. The fourth-order valence-corrected chi connectivity index (χ4v) is 3.13. The third-order valence-corrected chi connectivity index (χ3v) is 3.82. The maximum atomic E-state index is 9.77. The first-order valence-electron chi connectivity index (χ1n) is 7.56. The highest BCUT2D eigenvalue weighted by Gasteiger charge is 2.31. The van der Waals surface area contributed by atoms with Crippen LogP contribution in [0, 0.1) is 0 Å². The Hall–Kier alpha value is -1.10. The molecule has 4 nitrogen and oxygen atoms in total. The molecular formula is C17H27NO3. The van der Waals surface area contributed by atoms with Gasteiger partial charge in [0.05, 0.1) is 24.9 Å². The summed E-state index contributed by atoms with van der Waals surface area (Å²) >= 11 is 0. The van der Waals surface area contributed by atoms with E-state index in [1.54, 1.807) is 14.0 Å². The van der Waals surface area contributed by atoms with Crippen LogP contribution >= 0.6 is 0 Å². The molecule has 1 aromatic rings. The van der Waals surface area contributed by atoms with Crippen molar-refractivity contribution in [1.29, 1.82) is 0 Å². The molecule has 2 atom stereocenters. The Kier molecular flexibility index (Phi) is 4.91. The highest BCUT2D eigenvalue weighted by molar-refractivity contribution is 5.38. The Morgan fingerprint density at radius 1 is 1.48 bits per heavy atom.